The zero-order chi connectivity index (χ0) is 17.5. The molecule has 2 N–H and O–H groups in total. The SMILES string of the molecule is Cc1[nH]nc(-c2ccc(S(=O)(=O)Nc3ccc(Br)cc3F)s2)c1C. The molecule has 0 saturated carbocycles. The fourth-order valence-electron chi connectivity index (χ4n) is 2.08. The van der Waals surface area contributed by atoms with Gasteiger partial charge in [0.2, 0.25) is 0 Å². The van der Waals surface area contributed by atoms with Gasteiger partial charge in [-0.25, -0.2) is 12.8 Å². The molecule has 3 aromatic rings. The normalized spacial score (nSPS) is 11.7. The van der Waals surface area contributed by atoms with Gasteiger partial charge in [-0.3, -0.25) is 9.82 Å². The van der Waals surface area contributed by atoms with Gasteiger partial charge in [-0.05, 0) is 49.7 Å². The molecule has 3 rings (SSSR count). The van der Waals surface area contributed by atoms with Crippen LogP contribution in [0.3, 0.4) is 0 Å². The van der Waals surface area contributed by atoms with Gasteiger partial charge in [0.05, 0.1) is 10.6 Å². The number of halogens is 2. The lowest BCUT2D eigenvalue weighted by Crippen LogP contribution is -2.12. The third-order valence-electron chi connectivity index (χ3n) is 3.51. The van der Waals surface area contributed by atoms with Gasteiger partial charge in [0.25, 0.3) is 10.0 Å². The predicted octanol–water partition coefficient (Wildman–Crippen LogP) is 4.46. The summed E-state index contributed by atoms with van der Waals surface area (Å²) in [6, 6.07) is 7.32. The summed E-state index contributed by atoms with van der Waals surface area (Å²) in [5, 5.41) is 7.07. The highest BCUT2D eigenvalue weighted by molar-refractivity contribution is 9.10. The van der Waals surface area contributed by atoms with Crippen LogP contribution in [-0.4, -0.2) is 18.6 Å². The molecule has 0 saturated heterocycles. The van der Waals surface area contributed by atoms with E-state index in [1.165, 1.54) is 18.2 Å². The molecular formula is C15H13BrFN3O2S2. The van der Waals surface area contributed by atoms with Crippen LogP contribution in [0.15, 0.2) is 39.0 Å². The molecule has 9 heteroatoms. The number of aryl methyl sites for hydroxylation is 1. The average molecular weight is 430 g/mol. The Hall–Kier alpha value is -1.71. The van der Waals surface area contributed by atoms with Crippen LogP contribution < -0.4 is 4.72 Å². The van der Waals surface area contributed by atoms with Crippen molar-refractivity contribution in [2.24, 2.45) is 0 Å². The number of H-pyrrole nitrogens is 1. The van der Waals surface area contributed by atoms with E-state index in [2.05, 4.69) is 30.8 Å². The van der Waals surface area contributed by atoms with Crippen molar-refractivity contribution in [3.63, 3.8) is 0 Å². The summed E-state index contributed by atoms with van der Waals surface area (Å²) < 4.78 is 41.7. The minimum absolute atomic E-state index is 0.0971. The first-order valence-electron chi connectivity index (χ1n) is 6.87. The average Bonchev–Trinajstić information content (AvgIpc) is 3.11. The topological polar surface area (TPSA) is 74.8 Å². The smallest absolute Gasteiger partial charge is 0.271 e. The minimum atomic E-state index is -3.87. The Morgan fingerprint density at radius 3 is 2.62 bits per heavy atom. The van der Waals surface area contributed by atoms with E-state index in [1.54, 1.807) is 12.1 Å². The maximum absolute atomic E-state index is 13.9. The van der Waals surface area contributed by atoms with E-state index < -0.39 is 15.8 Å². The Morgan fingerprint density at radius 2 is 2.00 bits per heavy atom. The van der Waals surface area contributed by atoms with Crippen LogP contribution in [0.25, 0.3) is 10.6 Å². The first-order valence-corrected chi connectivity index (χ1v) is 9.97. The molecule has 0 fully saturated rings. The number of nitrogens with one attached hydrogen (secondary N) is 2. The Morgan fingerprint density at radius 1 is 1.25 bits per heavy atom. The quantitative estimate of drug-likeness (QED) is 0.642. The Bertz CT molecular complexity index is 1010. The first kappa shape index (κ1) is 17.1. The monoisotopic (exact) mass is 429 g/mol. The molecule has 0 bridgehead atoms. The second-order valence-electron chi connectivity index (χ2n) is 5.17. The van der Waals surface area contributed by atoms with Gasteiger partial charge in [-0.2, -0.15) is 5.10 Å². The van der Waals surface area contributed by atoms with E-state index in [4.69, 9.17) is 0 Å². The lowest BCUT2D eigenvalue weighted by molar-refractivity contribution is 0.600. The van der Waals surface area contributed by atoms with Gasteiger partial charge in [0, 0.05) is 10.2 Å². The van der Waals surface area contributed by atoms with E-state index in [-0.39, 0.29) is 9.90 Å². The maximum atomic E-state index is 13.9. The summed E-state index contributed by atoms with van der Waals surface area (Å²) in [6.07, 6.45) is 0. The number of rotatable bonds is 4. The Labute approximate surface area is 151 Å². The maximum Gasteiger partial charge on any atom is 0.271 e. The third-order valence-corrected chi connectivity index (χ3v) is 6.95. The van der Waals surface area contributed by atoms with Crippen LogP contribution in [0, 0.1) is 19.7 Å². The van der Waals surface area contributed by atoms with Crippen molar-refractivity contribution in [1.82, 2.24) is 10.2 Å². The zero-order valence-corrected chi connectivity index (χ0v) is 15.9. The summed E-state index contributed by atoms with van der Waals surface area (Å²) in [5.74, 6) is -0.650. The number of aromatic amines is 1. The molecule has 2 aromatic heterocycles. The standard InChI is InChI=1S/C15H13BrFN3O2S2/c1-8-9(2)18-19-15(8)13-5-6-14(23-13)24(21,22)20-12-4-3-10(16)7-11(12)17/h3-7,20H,1-2H3,(H,18,19). The molecule has 24 heavy (non-hydrogen) atoms. The van der Waals surface area contributed by atoms with Crippen molar-refractivity contribution in [2.45, 2.75) is 18.1 Å². The molecule has 0 unspecified atom stereocenters. The van der Waals surface area contributed by atoms with Gasteiger partial charge in [-0.1, -0.05) is 15.9 Å². The Kier molecular flexibility index (Phi) is 4.50. The predicted molar refractivity (Wildman–Crippen MR) is 96.3 cm³/mol. The van der Waals surface area contributed by atoms with Crippen LogP contribution >= 0.6 is 27.3 Å². The van der Waals surface area contributed by atoms with E-state index >= 15 is 0 Å². The molecule has 0 spiro atoms. The number of thiophene rings is 1. The second kappa shape index (κ2) is 6.30. The van der Waals surface area contributed by atoms with Gasteiger partial charge >= 0.3 is 0 Å². The fraction of sp³-hybridized carbons (Fsp3) is 0.133. The third kappa shape index (κ3) is 3.24. The molecular weight excluding hydrogens is 417 g/mol. The van der Waals surface area contributed by atoms with Gasteiger partial charge in [0.1, 0.15) is 15.7 Å². The molecule has 0 amide bonds. The largest absolute Gasteiger partial charge is 0.282 e. The summed E-state index contributed by atoms with van der Waals surface area (Å²) in [5.41, 5.74) is 2.51. The van der Waals surface area contributed by atoms with Crippen molar-refractivity contribution < 1.29 is 12.8 Å². The molecule has 5 nitrogen and oxygen atoms in total. The van der Waals surface area contributed by atoms with Gasteiger partial charge < -0.3 is 0 Å². The van der Waals surface area contributed by atoms with E-state index in [9.17, 15) is 12.8 Å². The number of benzene rings is 1. The number of hydrogen-bond acceptors (Lipinski definition) is 4. The highest BCUT2D eigenvalue weighted by Crippen LogP contribution is 2.33. The van der Waals surface area contributed by atoms with E-state index in [0.717, 1.165) is 27.5 Å². The van der Waals surface area contributed by atoms with Gasteiger partial charge in [0.15, 0.2) is 0 Å². The second-order valence-corrected chi connectivity index (χ2v) is 9.08. The molecule has 2 heterocycles. The van der Waals surface area contributed by atoms with Crippen LogP contribution in [0.2, 0.25) is 0 Å². The van der Waals surface area contributed by atoms with Crippen LogP contribution in [0.5, 0.6) is 0 Å². The fourth-order valence-corrected chi connectivity index (χ4v) is 4.84. The van der Waals surface area contributed by atoms with E-state index in [1.807, 2.05) is 13.8 Å². The Balaban J connectivity index is 1.92. The van der Waals surface area contributed by atoms with Crippen LogP contribution in [-0.2, 0) is 10.0 Å². The lowest BCUT2D eigenvalue weighted by Gasteiger charge is -2.07. The number of anilines is 1. The summed E-state index contributed by atoms with van der Waals surface area (Å²) in [7, 11) is -3.87. The van der Waals surface area contributed by atoms with E-state index in [0.29, 0.717) is 10.2 Å². The highest BCUT2D eigenvalue weighted by Gasteiger charge is 2.20. The molecule has 126 valence electrons. The first-order chi connectivity index (χ1) is 11.3. The highest BCUT2D eigenvalue weighted by atomic mass is 79.9. The molecule has 0 radical (unpaired) electrons. The lowest BCUT2D eigenvalue weighted by atomic mass is 10.2. The number of aromatic nitrogens is 2. The molecule has 0 atom stereocenters. The zero-order valence-electron chi connectivity index (χ0n) is 12.7. The van der Waals surface area contributed by atoms with Crippen molar-refractivity contribution in [1.29, 1.82) is 0 Å². The number of hydrogen-bond donors (Lipinski definition) is 2. The molecule has 1 aromatic carbocycles. The van der Waals surface area contributed by atoms with Crippen molar-refractivity contribution in [2.75, 3.05) is 4.72 Å². The van der Waals surface area contributed by atoms with Crippen LogP contribution in [0.1, 0.15) is 11.3 Å². The van der Waals surface area contributed by atoms with Crippen LogP contribution in [0.4, 0.5) is 10.1 Å². The summed E-state index contributed by atoms with van der Waals surface area (Å²) in [6.45, 7) is 3.81. The number of nitrogens with zero attached hydrogens (tertiary/aromatic N) is 1. The summed E-state index contributed by atoms with van der Waals surface area (Å²) >= 11 is 4.22. The number of sulfonamides is 1. The van der Waals surface area contributed by atoms with Crippen molar-refractivity contribution in [3.8, 4) is 10.6 Å². The summed E-state index contributed by atoms with van der Waals surface area (Å²) in [4.78, 5) is 0.730. The molecule has 0 aliphatic heterocycles. The molecule has 0 aliphatic carbocycles. The van der Waals surface area contributed by atoms with Crippen molar-refractivity contribution in [3.05, 3.63) is 51.9 Å². The minimum Gasteiger partial charge on any atom is -0.282 e. The van der Waals surface area contributed by atoms with Gasteiger partial charge in [-0.15, -0.1) is 11.3 Å². The van der Waals surface area contributed by atoms with Crippen molar-refractivity contribution >= 4 is 43.0 Å². The molecule has 0 aliphatic rings.